The van der Waals surface area contributed by atoms with Crippen LogP contribution in [0.3, 0.4) is 0 Å². The fourth-order valence-electron chi connectivity index (χ4n) is 5.84. The van der Waals surface area contributed by atoms with E-state index in [2.05, 4.69) is 143 Å². The van der Waals surface area contributed by atoms with Crippen LogP contribution in [0.2, 0.25) is 0 Å². The third kappa shape index (κ3) is 9.57. The number of hydrogen-bond acceptors (Lipinski definition) is 3. The predicted molar refractivity (Wildman–Crippen MR) is 187 cm³/mol. The predicted octanol–water partition coefficient (Wildman–Crippen LogP) is 5.58. The fraction of sp³-hybridized carbons (Fsp3) is 0.351. The first-order chi connectivity index (χ1) is 20.8. The van der Waals surface area contributed by atoms with Crippen LogP contribution in [-0.4, -0.2) is 86.4 Å². The van der Waals surface area contributed by atoms with Crippen molar-refractivity contribution in [2.24, 2.45) is 0 Å². The van der Waals surface area contributed by atoms with Gasteiger partial charge in [0.05, 0.1) is 0 Å². The lowest BCUT2D eigenvalue weighted by molar-refractivity contribution is 0.220. The van der Waals surface area contributed by atoms with Crippen molar-refractivity contribution in [3.8, 4) is 0 Å². The van der Waals surface area contributed by atoms with Crippen LogP contribution in [0.4, 0.5) is 0 Å². The molecule has 0 aliphatic carbocycles. The van der Waals surface area contributed by atoms with Gasteiger partial charge in [-0.2, -0.15) is 0 Å². The topological polar surface area (TPSA) is 9.72 Å². The highest BCUT2D eigenvalue weighted by Gasteiger charge is 2.18. The van der Waals surface area contributed by atoms with Gasteiger partial charge in [-0.3, -0.25) is 0 Å². The minimum Gasteiger partial charge on any atom is -0.304 e. The van der Waals surface area contributed by atoms with Crippen LogP contribution in [-0.2, 0) is 0 Å². The fourth-order valence-corrected chi connectivity index (χ4v) is 10.5. The number of benzene rings is 4. The van der Waals surface area contributed by atoms with E-state index in [1.807, 2.05) is 0 Å². The number of rotatable bonds is 12. The van der Waals surface area contributed by atoms with Crippen LogP contribution < -0.4 is 21.2 Å². The summed E-state index contributed by atoms with van der Waals surface area (Å²) in [6.45, 7) is 9.39. The summed E-state index contributed by atoms with van der Waals surface area (Å²) in [5, 5.41) is 6.00. The van der Waals surface area contributed by atoms with Gasteiger partial charge >= 0.3 is 0 Å². The first-order valence-corrected chi connectivity index (χ1v) is 18.7. The van der Waals surface area contributed by atoms with E-state index in [0.29, 0.717) is 0 Å². The molecule has 1 heterocycles. The minimum atomic E-state index is -0.311. The van der Waals surface area contributed by atoms with Gasteiger partial charge in [0.25, 0.3) is 0 Å². The lowest BCUT2D eigenvalue weighted by atomic mass is 10.3. The molecule has 0 bridgehead atoms. The Morgan fingerprint density at radius 2 is 0.714 bits per heavy atom. The highest BCUT2D eigenvalue weighted by Crippen LogP contribution is 2.35. The maximum absolute atomic E-state index is 2.74. The third-order valence-corrected chi connectivity index (χ3v) is 13.5. The Morgan fingerprint density at radius 1 is 0.429 bits per heavy atom. The summed E-state index contributed by atoms with van der Waals surface area (Å²) < 4.78 is 0. The summed E-state index contributed by atoms with van der Waals surface area (Å²) in [5.74, 6) is 0. The maximum Gasteiger partial charge on any atom is 0.0110 e. The van der Waals surface area contributed by atoms with Crippen molar-refractivity contribution in [1.82, 2.24) is 14.7 Å². The number of nitrogens with zero attached hydrogens (tertiary/aromatic N) is 3. The quantitative estimate of drug-likeness (QED) is 0.198. The second-order valence-corrected chi connectivity index (χ2v) is 16.0. The van der Waals surface area contributed by atoms with Crippen LogP contribution in [0.5, 0.6) is 0 Å². The molecule has 0 saturated carbocycles. The summed E-state index contributed by atoms with van der Waals surface area (Å²) in [5.41, 5.74) is 0. The van der Waals surface area contributed by atoms with E-state index in [0.717, 1.165) is 13.1 Å². The van der Waals surface area contributed by atoms with Gasteiger partial charge < -0.3 is 14.7 Å². The molecular formula is C37H47N3P2. The van der Waals surface area contributed by atoms with Crippen molar-refractivity contribution in [1.29, 1.82) is 0 Å². The molecule has 0 amide bonds. The van der Waals surface area contributed by atoms with Crippen molar-refractivity contribution < 1.29 is 0 Å². The normalized spacial score (nSPS) is 15.9. The first-order valence-electron chi connectivity index (χ1n) is 15.6. The van der Waals surface area contributed by atoms with Crippen LogP contribution in [0.25, 0.3) is 0 Å². The van der Waals surface area contributed by atoms with Crippen LogP contribution in [0.15, 0.2) is 121 Å². The second-order valence-electron chi connectivity index (χ2n) is 11.3. The highest BCUT2D eigenvalue weighted by atomic mass is 31.1. The van der Waals surface area contributed by atoms with Crippen molar-refractivity contribution in [3.05, 3.63) is 121 Å². The molecule has 0 atom stereocenters. The summed E-state index contributed by atoms with van der Waals surface area (Å²) in [7, 11) is 1.68. The van der Waals surface area contributed by atoms with Gasteiger partial charge in [-0.25, -0.2) is 0 Å². The molecule has 42 heavy (non-hydrogen) atoms. The maximum atomic E-state index is 2.74. The molecule has 0 N–H and O–H groups in total. The van der Waals surface area contributed by atoms with Crippen molar-refractivity contribution in [3.63, 3.8) is 0 Å². The standard InChI is InChI=1S/C37H47N3P2/c1-38-26-28-39(24-14-32-41(34-16-6-2-7-17-34)35-18-8-3-9-19-35)30-31-40(29-27-38)25-15-33-42(36-20-10-4-11-21-36)37-22-12-5-13-23-37/h2-13,16-23H,14-15,24-33H2,1H3. The van der Waals surface area contributed by atoms with E-state index in [1.54, 1.807) is 0 Å². The van der Waals surface area contributed by atoms with E-state index in [-0.39, 0.29) is 15.8 Å². The summed E-state index contributed by atoms with van der Waals surface area (Å²) in [4.78, 5) is 8.01. The zero-order valence-electron chi connectivity index (χ0n) is 25.3. The lowest BCUT2D eigenvalue weighted by Gasteiger charge is -2.27. The monoisotopic (exact) mass is 595 g/mol. The third-order valence-electron chi connectivity index (χ3n) is 8.31. The van der Waals surface area contributed by atoms with E-state index in [1.165, 1.54) is 85.7 Å². The number of hydrogen-bond donors (Lipinski definition) is 0. The average Bonchev–Trinajstić information content (AvgIpc) is 3.14. The Bertz CT molecular complexity index is 1090. The van der Waals surface area contributed by atoms with Gasteiger partial charge in [-0.05, 0) is 82.4 Å². The van der Waals surface area contributed by atoms with Crippen LogP contribution >= 0.6 is 15.8 Å². The SMILES string of the molecule is CN1CCN(CCCP(c2ccccc2)c2ccccc2)CCN(CCCP(c2ccccc2)c2ccccc2)CC1. The zero-order chi connectivity index (χ0) is 28.8. The van der Waals surface area contributed by atoms with Crippen LogP contribution in [0, 0.1) is 0 Å². The van der Waals surface area contributed by atoms with Crippen molar-refractivity contribution >= 4 is 37.1 Å². The largest absolute Gasteiger partial charge is 0.304 e. The van der Waals surface area contributed by atoms with Gasteiger partial charge in [0, 0.05) is 39.3 Å². The smallest absolute Gasteiger partial charge is 0.0110 e. The minimum absolute atomic E-state index is 0.311. The van der Waals surface area contributed by atoms with Crippen molar-refractivity contribution in [2.75, 3.05) is 71.7 Å². The summed E-state index contributed by atoms with van der Waals surface area (Å²) >= 11 is 0. The Morgan fingerprint density at radius 3 is 1.02 bits per heavy atom. The van der Waals surface area contributed by atoms with Gasteiger partial charge in [0.15, 0.2) is 0 Å². The van der Waals surface area contributed by atoms with E-state index >= 15 is 0 Å². The molecule has 0 radical (unpaired) electrons. The number of likely N-dealkylation sites (N-methyl/N-ethyl adjacent to an activating group) is 1. The van der Waals surface area contributed by atoms with Crippen LogP contribution in [0.1, 0.15) is 12.8 Å². The Hall–Kier alpha value is -2.38. The molecule has 1 aliphatic rings. The molecule has 5 heteroatoms. The van der Waals surface area contributed by atoms with Gasteiger partial charge in [-0.15, -0.1) is 0 Å². The van der Waals surface area contributed by atoms with E-state index < -0.39 is 0 Å². The average molecular weight is 596 g/mol. The Labute approximate surface area is 257 Å². The lowest BCUT2D eigenvalue weighted by Crippen LogP contribution is -2.37. The molecule has 0 unspecified atom stereocenters. The molecule has 1 saturated heterocycles. The molecule has 0 spiro atoms. The first kappa shape index (κ1) is 31.1. The Kier molecular flexibility index (Phi) is 12.6. The molecule has 3 nitrogen and oxygen atoms in total. The Balaban J connectivity index is 1.15. The van der Waals surface area contributed by atoms with E-state index in [4.69, 9.17) is 0 Å². The van der Waals surface area contributed by atoms with Crippen molar-refractivity contribution in [2.45, 2.75) is 12.8 Å². The van der Waals surface area contributed by atoms with Gasteiger partial charge in [0.1, 0.15) is 0 Å². The molecule has 4 aromatic rings. The highest BCUT2D eigenvalue weighted by molar-refractivity contribution is 7.73. The molecule has 4 aromatic carbocycles. The van der Waals surface area contributed by atoms with Gasteiger partial charge in [0.2, 0.25) is 0 Å². The molecule has 220 valence electrons. The second kappa shape index (κ2) is 17.0. The molecule has 5 rings (SSSR count). The van der Waals surface area contributed by atoms with Gasteiger partial charge in [-0.1, -0.05) is 121 Å². The van der Waals surface area contributed by atoms with E-state index in [9.17, 15) is 0 Å². The molecular weight excluding hydrogens is 548 g/mol. The zero-order valence-corrected chi connectivity index (χ0v) is 27.1. The summed E-state index contributed by atoms with van der Waals surface area (Å²) in [6.07, 6.45) is 5.00. The molecule has 1 fully saturated rings. The molecule has 1 aliphatic heterocycles. The molecule has 0 aromatic heterocycles. The summed E-state index contributed by atoms with van der Waals surface area (Å²) in [6, 6.07) is 44.7.